The minimum atomic E-state index is -0.866. The third-order valence-electron chi connectivity index (χ3n) is 3.19. The van der Waals surface area contributed by atoms with Gasteiger partial charge < -0.3 is 14.9 Å². The lowest BCUT2D eigenvalue weighted by Crippen LogP contribution is -2.52. The first kappa shape index (κ1) is 15.4. The molecule has 108 valence electrons. The molecule has 19 heavy (non-hydrogen) atoms. The van der Waals surface area contributed by atoms with Crippen LogP contribution >= 0.6 is 0 Å². The Morgan fingerprint density at radius 3 is 2.11 bits per heavy atom. The summed E-state index contributed by atoms with van der Waals surface area (Å²) in [7, 11) is 1.73. The number of carboxylic acid groups (broad SMARTS) is 1. The van der Waals surface area contributed by atoms with Crippen molar-refractivity contribution in [2.75, 3.05) is 46.3 Å². The topological polar surface area (TPSA) is 81.2 Å². The second kappa shape index (κ2) is 7.08. The van der Waals surface area contributed by atoms with E-state index in [4.69, 9.17) is 5.11 Å². The predicted octanol–water partition coefficient (Wildman–Crippen LogP) is -0.916. The van der Waals surface area contributed by atoms with Crippen LogP contribution in [0, 0.1) is 0 Å². The zero-order valence-corrected chi connectivity index (χ0v) is 11.5. The molecule has 1 fully saturated rings. The highest BCUT2D eigenvalue weighted by Crippen LogP contribution is 2.03. The maximum absolute atomic E-state index is 12.0. The number of rotatable bonds is 5. The molecule has 0 aromatic heterocycles. The monoisotopic (exact) mass is 271 g/mol. The Morgan fingerprint density at radius 1 is 1.11 bits per heavy atom. The van der Waals surface area contributed by atoms with Crippen LogP contribution in [0.5, 0.6) is 0 Å². The summed E-state index contributed by atoms with van der Waals surface area (Å²) in [6.07, 6.45) is 0.0297. The van der Waals surface area contributed by atoms with Gasteiger partial charge >= 0.3 is 5.97 Å². The number of piperazine rings is 1. The van der Waals surface area contributed by atoms with Crippen LogP contribution in [0.15, 0.2) is 0 Å². The lowest BCUT2D eigenvalue weighted by atomic mass is 10.3. The number of carbonyl (C=O) groups is 3. The Morgan fingerprint density at radius 2 is 1.63 bits per heavy atom. The van der Waals surface area contributed by atoms with E-state index in [0.29, 0.717) is 32.7 Å². The Hall–Kier alpha value is -1.63. The van der Waals surface area contributed by atoms with Crippen molar-refractivity contribution in [1.82, 2.24) is 14.7 Å². The molecular formula is C12H21N3O4. The molecule has 0 aromatic rings. The number of amides is 2. The molecule has 0 saturated carbocycles. The van der Waals surface area contributed by atoms with E-state index in [1.807, 2.05) is 0 Å². The fourth-order valence-corrected chi connectivity index (χ4v) is 1.97. The number of hydrogen-bond donors (Lipinski definition) is 1. The van der Waals surface area contributed by atoms with E-state index in [-0.39, 0.29) is 24.8 Å². The van der Waals surface area contributed by atoms with Crippen molar-refractivity contribution >= 4 is 17.8 Å². The van der Waals surface area contributed by atoms with Gasteiger partial charge in [0.05, 0.1) is 13.0 Å². The summed E-state index contributed by atoms with van der Waals surface area (Å²) < 4.78 is 0. The molecule has 0 bridgehead atoms. The first-order chi connectivity index (χ1) is 8.90. The van der Waals surface area contributed by atoms with Crippen molar-refractivity contribution in [3.63, 3.8) is 0 Å². The van der Waals surface area contributed by atoms with Crippen LogP contribution < -0.4 is 0 Å². The largest absolute Gasteiger partial charge is 0.481 e. The van der Waals surface area contributed by atoms with Crippen molar-refractivity contribution < 1.29 is 19.5 Å². The summed E-state index contributed by atoms with van der Waals surface area (Å²) >= 11 is 0. The van der Waals surface area contributed by atoms with Crippen molar-refractivity contribution in [3.05, 3.63) is 0 Å². The molecule has 0 spiro atoms. The fraction of sp³-hybridized carbons (Fsp3) is 0.750. The number of nitrogens with zero attached hydrogens (tertiary/aromatic N) is 3. The van der Waals surface area contributed by atoms with E-state index in [2.05, 4.69) is 0 Å². The minimum absolute atomic E-state index is 0.0175. The molecular weight excluding hydrogens is 250 g/mol. The van der Waals surface area contributed by atoms with E-state index in [0.717, 1.165) is 0 Å². The van der Waals surface area contributed by atoms with Crippen LogP contribution in [0.2, 0.25) is 0 Å². The highest BCUT2D eigenvalue weighted by molar-refractivity contribution is 5.79. The van der Waals surface area contributed by atoms with Gasteiger partial charge in [-0.05, 0) is 7.05 Å². The predicted molar refractivity (Wildman–Crippen MR) is 68.6 cm³/mol. The molecule has 1 N–H and O–H groups in total. The van der Waals surface area contributed by atoms with Crippen molar-refractivity contribution in [2.24, 2.45) is 0 Å². The molecule has 1 saturated heterocycles. The van der Waals surface area contributed by atoms with Crippen LogP contribution in [0.1, 0.15) is 13.3 Å². The van der Waals surface area contributed by atoms with Gasteiger partial charge in [0.25, 0.3) is 0 Å². The number of hydrogen-bond acceptors (Lipinski definition) is 4. The van der Waals surface area contributed by atoms with Gasteiger partial charge in [0.1, 0.15) is 0 Å². The fourth-order valence-electron chi connectivity index (χ4n) is 1.97. The Bertz CT molecular complexity index is 351. The second-order valence-electron chi connectivity index (χ2n) is 4.77. The van der Waals surface area contributed by atoms with Gasteiger partial charge in [-0.2, -0.15) is 0 Å². The third kappa shape index (κ3) is 5.25. The van der Waals surface area contributed by atoms with Crippen molar-refractivity contribution in [2.45, 2.75) is 13.3 Å². The lowest BCUT2D eigenvalue weighted by Gasteiger charge is -2.35. The van der Waals surface area contributed by atoms with E-state index in [9.17, 15) is 14.4 Å². The van der Waals surface area contributed by atoms with Crippen LogP contribution in [0.3, 0.4) is 0 Å². The molecule has 1 heterocycles. The summed E-state index contributed by atoms with van der Waals surface area (Å²) in [5, 5.41) is 8.57. The third-order valence-corrected chi connectivity index (χ3v) is 3.19. The first-order valence-corrected chi connectivity index (χ1v) is 6.33. The molecule has 0 unspecified atom stereocenters. The number of carbonyl (C=O) groups excluding carboxylic acids is 2. The van der Waals surface area contributed by atoms with Gasteiger partial charge in [0, 0.05) is 39.6 Å². The normalized spacial score (nSPS) is 15.7. The average molecular weight is 271 g/mol. The van der Waals surface area contributed by atoms with E-state index >= 15 is 0 Å². The first-order valence-electron chi connectivity index (χ1n) is 6.33. The van der Waals surface area contributed by atoms with Crippen LogP contribution in [0.4, 0.5) is 0 Å². The highest BCUT2D eigenvalue weighted by atomic mass is 16.4. The lowest BCUT2D eigenvalue weighted by molar-refractivity contribution is -0.140. The minimum Gasteiger partial charge on any atom is -0.481 e. The molecule has 0 atom stereocenters. The van der Waals surface area contributed by atoms with Crippen molar-refractivity contribution in [3.8, 4) is 0 Å². The molecule has 0 radical (unpaired) electrons. The van der Waals surface area contributed by atoms with Crippen LogP contribution in [-0.4, -0.2) is 83.9 Å². The number of carboxylic acids is 1. The van der Waals surface area contributed by atoms with Gasteiger partial charge in [-0.15, -0.1) is 0 Å². The maximum Gasteiger partial charge on any atom is 0.304 e. The van der Waals surface area contributed by atoms with Gasteiger partial charge in [-0.3, -0.25) is 19.3 Å². The standard InChI is InChI=1S/C12H21N3O4/c1-10(16)14-5-7-15(8-6-14)11(17)9-13(2)4-3-12(18)19/h3-9H2,1-2H3,(H,18,19). The smallest absolute Gasteiger partial charge is 0.304 e. The van der Waals surface area contributed by atoms with Gasteiger partial charge in [-0.25, -0.2) is 0 Å². The molecule has 1 rings (SSSR count). The molecule has 0 aromatic carbocycles. The van der Waals surface area contributed by atoms with Gasteiger partial charge in [-0.1, -0.05) is 0 Å². The number of aliphatic carboxylic acids is 1. The zero-order chi connectivity index (χ0) is 14.4. The Labute approximate surface area is 112 Å². The van der Waals surface area contributed by atoms with Crippen LogP contribution in [0.25, 0.3) is 0 Å². The van der Waals surface area contributed by atoms with Crippen LogP contribution in [-0.2, 0) is 14.4 Å². The highest BCUT2D eigenvalue weighted by Gasteiger charge is 2.22. The molecule has 7 heteroatoms. The Kier molecular flexibility index (Phi) is 5.75. The molecule has 1 aliphatic rings. The summed E-state index contributed by atoms with van der Waals surface area (Å²) in [5.41, 5.74) is 0. The summed E-state index contributed by atoms with van der Waals surface area (Å²) in [6, 6.07) is 0. The number of likely N-dealkylation sites (N-methyl/N-ethyl adjacent to an activating group) is 1. The van der Waals surface area contributed by atoms with Crippen molar-refractivity contribution in [1.29, 1.82) is 0 Å². The van der Waals surface area contributed by atoms with E-state index in [1.54, 1.807) is 21.7 Å². The SMILES string of the molecule is CC(=O)N1CCN(C(=O)CN(C)CCC(=O)O)CC1. The molecule has 2 amide bonds. The second-order valence-corrected chi connectivity index (χ2v) is 4.77. The Balaban J connectivity index is 2.31. The quantitative estimate of drug-likeness (QED) is 0.699. The van der Waals surface area contributed by atoms with E-state index in [1.165, 1.54) is 6.92 Å². The maximum atomic E-state index is 12.0. The van der Waals surface area contributed by atoms with Gasteiger partial charge in [0.15, 0.2) is 0 Å². The zero-order valence-electron chi connectivity index (χ0n) is 11.5. The van der Waals surface area contributed by atoms with E-state index < -0.39 is 5.97 Å². The molecule has 1 aliphatic heterocycles. The molecule has 0 aliphatic carbocycles. The molecule has 7 nitrogen and oxygen atoms in total. The summed E-state index contributed by atoms with van der Waals surface area (Å²) in [6.45, 7) is 4.33. The summed E-state index contributed by atoms with van der Waals surface area (Å²) in [5.74, 6) is -0.851. The summed E-state index contributed by atoms with van der Waals surface area (Å²) in [4.78, 5) is 38.7. The van der Waals surface area contributed by atoms with Gasteiger partial charge in [0.2, 0.25) is 11.8 Å². The average Bonchev–Trinajstić information content (AvgIpc) is 2.36.